The van der Waals surface area contributed by atoms with Gasteiger partial charge >= 0.3 is 0 Å². The van der Waals surface area contributed by atoms with Crippen molar-refractivity contribution in [2.24, 2.45) is 5.10 Å². The lowest BCUT2D eigenvalue weighted by atomic mass is 10.1. The first-order chi connectivity index (χ1) is 11.9. The summed E-state index contributed by atoms with van der Waals surface area (Å²) in [5, 5.41) is 4.09. The van der Waals surface area contributed by atoms with Gasteiger partial charge in [-0.05, 0) is 93.2 Å². The van der Waals surface area contributed by atoms with Crippen molar-refractivity contribution in [3.63, 3.8) is 0 Å². The van der Waals surface area contributed by atoms with Gasteiger partial charge in [-0.2, -0.15) is 5.10 Å². The smallest absolute Gasteiger partial charge is 0.277 e. The second-order valence-corrected chi connectivity index (χ2v) is 7.02. The zero-order chi connectivity index (χ0) is 18.4. The van der Waals surface area contributed by atoms with Gasteiger partial charge in [-0.25, -0.2) is 5.43 Å². The Morgan fingerprint density at radius 3 is 2.32 bits per heavy atom. The Labute approximate surface area is 163 Å². The van der Waals surface area contributed by atoms with Gasteiger partial charge in [-0.1, -0.05) is 0 Å². The standard InChI is InChI=1S/C18H18Br2N2O3/c1-11-8-15(19)18(16(20)9-11)25-10-17(23)22-21-12(2)13-4-6-14(24-3)7-5-13/h4-9H,10H2,1-3H3,(H,22,23)/b21-12+. The van der Waals surface area contributed by atoms with Gasteiger partial charge in [-0.15, -0.1) is 0 Å². The molecule has 0 heterocycles. The molecule has 0 aliphatic carbocycles. The number of carbonyl (C=O) groups is 1. The number of hydrogen-bond acceptors (Lipinski definition) is 4. The van der Waals surface area contributed by atoms with E-state index in [1.165, 1.54) is 0 Å². The van der Waals surface area contributed by atoms with E-state index in [4.69, 9.17) is 9.47 Å². The predicted molar refractivity (Wildman–Crippen MR) is 105 cm³/mol. The molecule has 2 aromatic carbocycles. The average Bonchev–Trinajstić information content (AvgIpc) is 2.58. The van der Waals surface area contributed by atoms with Crippen molar-refractivity contribution in [1.82, 2.24) is 5.43 Å². The van der Waals surface area contributed by atoms with Crippen molar-refractivity contribution in [2.75, 3.05) is 13.7 Å². The van der Waals surface area contributed by atoms with E-state index in [9.17, 15) is 4.79 Å². The van der Waals surface area contributed by atoms with Crippen LogP contribution in [-0.2, 0) is 4.79 Å². The summed E-state index contributed by atoms with van der Waals surface area (Å²) in [5.41, 5.74) is 5.15. The Balaban J connectivity index is 1.93. The number of hydrogen-bond donors (Lipinski definition) is 1. The monoisotopic (exact) mass is 468 g/mol. The molecule has 0 fully saturated rings. The van der Waals surface area contributed by atoms with Crippen LogP contribution in [0, 0.1) is 6.92 Å². The fourth-order valence-electron chi connectivity index (χ4n) is 2.04. The highest BCUT2D eigenvalue weighted by Crippen LogP contribution is 2.34. The van der Waals surface area contributed by atoms with Gasteiger partial charge in [0.1, 0.15) is 11.5 Å². The molecular formula is C18H18Br2N2O3. The van der Waals surface area contributed by atoms with Crippen LogP contribution >= 0.6 is 31.9 Å². The van der Waals surface area contributed by atoms with Gasteiger partial charge < -0.3 is 9.47 Å². The number of benzene rings is 2. The highest BCUT2D eigenvalue weighted by molar-refractivity contribution is 9.11. The summed E-state index contributed by atoms with van der Waals surface area (Å²) in [6.07, 6.45) is 0. The summed E-state index contributed by atoms with van der Waals surface area (Å²) in [4.78, 5) is 11.9. The minimum absolute atomic E-state index is 0.139. The molecule has 1 amide bonds. The summed E-state index contributed by atoms with van der Waals surface area (Å²) >= 11 is 6.86. The predicted octanol–water partition coefficient (Wildman–Crippen LogP) is 4.45. The number of nitrogens with one attached hydrogen (secondary N) is 1. The lowest BCUT2D eigenvalue weighted by Crippen LogP contribution is -2.25. The zero-order valence-electron chi connectivity index (χ0n) is 14.1. The molecule has 0 aromatic heterocycles. The summed E-state index contributed by atoms with van der Waals surface area (Å²) in [6, 6.07) is 11.3. The largest absolute Gasteiger partial charge is 0.497 e. The number of methoxy groups -OCH3 is 1. The van der Waals surface area contributed by atoms with E-state index in [1.54, 1.807) is 7.11 Å². The minimum atomic E-state index is -0.341. The van der Waals surface area contributed by atoms with E-state index in [1.807, 2.05) is 50.2 Å². The summed E-state index contributed by atoms with van der Waals surface area (Å²) in [7, 11) is 1.61. The molecule has 7 heteroatoms. The molecule has 132 valence electrons. The molecule has 2 aromatic rings. The molecule has 0 bridgehead atoms. The zero-order valence-corrected chi connectivity index (χ0v) is 17.3. The van der Waals surface area contributed by atoms with Crippen LogP contribution in [0.5, 0.6) is 11.5 Å². The first-order valence-corrected chi connectivity index (χ1v) is 9.05. The van der Waals surface area contributed by atoms with Crippen molar-refractivity contribution in [3.8, 4) is 11.5 Å². The molecule has 0 aliphatic rings. The van der Waals surface area contributed by atoms with Gasteiger partial charge in [0.2, 0.25) is 0 Å². The lowest BCUT2D eigenvalue weighted by molar-refractivity contribution is -0.123. The van der Waals surface area contributed by atoms with E-state index in [0.717, 1.165) is 25.8 Å². The maximum atomic E-state index is 11.9. The van der Waals surface area contributed by atoms with E-state index in [0.29, 0.717) is 11.5 Å². The van der Waals surface area contributed by atoms with Crippen molar-refractivity contribution < 1.29 is 14.3 Å². The number of aryl methyl sites for hydroxylation is 1. The second-order valence-electron chi connectivity index (χ2n) is 5.31. The molecule has 0 saturated heterocycles. The maximum absolute atomic E-state index is 11.9. The fraction of sp³-hybridized carbons (Fsp3) is 0.222. The van der Waals surface area contributed by atoms with E-state index in [-0.39, 0.29) is 12.5 Å². The van der Waals surface area contributed by atoms with Gasteiger partial charge in [0.25, 0.3) is 5.91 Å². The normalized spacial score (nSPS) is 11.2. The molecule has 0 atom stereocenters. The van der Waals surface area contributed by atoms with Crippen LogP contribution in [-0.4, -0.2) is 25.3 Å². The van der Waals surface area contributed by atoms with Crippen LogP contribution in [0.2, 0.25) is 0 Å². The Kier molecular flexibility index (Phi) is 7.01. The number of amides is 1. The highest BCUT2D eigenvalue weighted by Gasteiger charge is 2.10. The fourth-order valence-corrected chi connectivity index (χ4v) is 3.68. The molecule has 0 aliphatic heterocycles. The number of ether oxygens (including phenoxy) is 2. The number of nitrogens with zero attached hydrogens (tertiary/aromatic N) is 1. The third kappa shape index (κ3) is 5.57. The Bertz CT molecular complexity index is 766. The Morgan fingerprint density at radius 1 is 1.16 bits per heavy atom. The topological polar surface area (TPSA) is 59.9 Å². The number of carbonyl (C=O) groups excluding carboxylic acids is 1. The number of halogens is 2. The van der Waals surface area contributed by atoms with E-state index < -0.39 is 0 Å². The molecular weight excluding hydrogens is 452 g/mol. The summed E-state index contributed by atoms with van der Waals surface area (Å²) < 4.78 is 12.2. The van der Waals surface area contributed by atoms with Crippen molar-refractivity contribution in [1.29, 1.82) is 0 Å². The molecule has 0 saturated carbocycles. The van der Waals surface area contributed by atoms with Crippen molar-refractivity contribution >= 4 is 43.5 Å². The molecule has 25 heavy (non-hydrogen) atoms. The maximum Gasteiger partial charge on any atom is 0.277 e. The van der Waals surface area contributed by atoms with Crippen molar-refractivity contribution in [2.45, 2.75) is 13.8 Å². The lowest BCUT2D eigenvalue weighted by Gasteiger charge is -2.10. The quantitative estimate of drug-likeness (QED) is 0.502. The molecule has 0 radical (unpaired) electrons. The molecule has 1 N–H and O–H groups in total. The van der Waals surface area contributed by atoms with Gasteiger partial charge in [0.15, 0.2) is 6.61 Å². The SMILES string of the molecule is COc1ccc(/C(C)=N/NC(=O)COc2c(Br)cc(C)cc2Br)cc1. The second kappa shape index (κ2) is 9.01. The first-order valence-electron chi connectivity index (χ1n) is 7.46. The Hall–Kier alpha value is -1.86. The Morgan fingerprint density at radius 2 is 1.76 bits per heavy atom. The van der Waals surface area contributed by atoms with Crippen LogP contribution in [0.15, 0.2) is 50.4 Å². The first kappa shape index (κ1) is 19.5. The average molecular weight is 470 g/mol. The van der Waals surface area contributed by atoms with Gasteiger partial charge in [0, 0.05) is 0 Å². The molecule has 2 rings (SSSR count). The van der Waals surface area contributed by atoms with Crippen LogP contribution < -0.4 is 14.9 Å². The summed E-state index contributed by atoms with van der Waals surface area (Å²) in [6.45, 7) is 3.65. The third-order valence-corrected chi connectivity index (χ3v) is 4.52. The van der Waals surface area contributed by atoms with E-state index >= 15 is 0 Å². The molecule has 0 unspecified atom stereocenters. The van der Waals surface area contributed by atoms with Crippen molar-refractivity contribution in [3.05, 3.63) is 56.5 Å². The van der Waals surface area contributed by atoms with Gasteiger partial charge in [0.05, 0.1) is 21.8 Å². The van der Waals surface area contributed by atoms with Crippen LogP contribution in [0.3, 0.4) is 0 Å². The third-order valence-electron chi connectivity index (χ3n) is 3.35. The van der Waals surface area contributed by atoms with Crippen LogP contribution in [0.4, 0.5) is 0 Å². The summed E-state index contributed by atoms with van der Waals surface area (Å²) in [5.74, 6) is 1.01. The van der Waals surface area contributed by atoms with Crippen LogP contribution in [0.1, 0.15) is 18.1 Å². The highest BCUT2D eigenvalue weighted by atomic mass is 79.9. The molecule has 0 spiro atoms. The number of hydrazone groups is 1. The minimum Gasteiger partial charge on any atom is -0.497 e. The number of rotatable bonds is 6. The van der Waals surface area contributed by atoms with E-state index in [2.05, 4.69) is 42.4 Å². The molecule has 5 nitrogen and oxygen atoms in total. The van der Waals surface area contributed by atoms with Crippen LogP contribution in [0.25, 0.3) is 0 Å². The van der Waals surface area contributed by atoms with Gasteiger partial charge in [-0.3, -0.25) is 4.79 Å².